The maximum Gasteiger partial charge on any atom is 0.0948 e. The molecule has 1 aromatic carbocycles. The minimum Gasteiger partial charge on any atom is -0.334 e. The van der Waals surface area contributed by atoms with Crippen LogP contribution in [0, 0.1) is 0 Å². The number of benzene rings is 1. The van der Waals surface area contributed by atoms with Crippen LogP contribution in [0.25, 0.3) is 0 Å². The number of aryl methyl sites for hydroxylation is 1. The predicted molar refractivity (Wildman–Crippen MR) is 85.9 cm³/mol. The van der Waals surface area contributed by atoms with Crippen LogP contribution in [0.3, 0.4) is 0 Å². The van der Waals surface area contributed by atoms with Gasteiger partial charge in [-0.15, -0.1) is 11.8 Å². The molecule has 0 atom stereocenters. The zero-order chi connectivity index (χ0) is 14.2. The lowest BCUT2D eigenvalue weighted by Gasteiger charge is -2.07. The summed E-state index contributed by atoms with van der Waals surface area (Å²) in [5, 5.41) is 3.44. The molecule has 108 valence electrons. The van der Waals surface area contributed by atoms with Crippen molar-refractivity contribution in [2.75, 3.05) is 6.54 Å². The Labute approximate surface area is 125 Å². The van der Waals surface area contributed by atoms with E-state index in [2.05, 4.69) is 53.0 Å². The number of rotatable bonds is 8. The minimum absolute atomic E-state index is 0.954. The van der Waals surface area contributed by atoms with Crippen LogP contribution in [0.5, 0.6) is 0 Å². The van der Waals surface area contributed by atoms with E-state index in [0.717, 1.165) is 25.4 Å². The van der Waals surface area contributed by atoms with E-state index in [9.17, 15) is 0 Å². The molecule has 0 unspecified atom stereocenters. The third-order valence-electron chi connectivity index (χ3n) is 3.18. The fourth-order valence-electron chi connectivity index (χ4n) is 2.07. The summed E-state index contributed by atoms with van der Waals surface area (Å²) in [6.45, 7) is 7.35. The molecule has 1 aromatic heterocycles. The number of hydrogen-bond donors (Lipinski definition) is 1. The lowest BCUT2D eigenvalue weighted by Crippen LogP contribution is -2.13. The van der Waals surface area contributed by atoms with Crippen LogP contribution in [0.15, 0.2) is 41.7 Å². The summed E-state index contributed by atoms with van der Waals surface area (Å²) in [6.07, 6.45) is 5.04. The Hall–Kier alpha value is -1.26. The van der Waals surface area contributed by atoms with Gasteiger partial charge in [-0.1, -0.05) is 19.1 Å². The molecule has 1 N–H and O–H groups in total. The van der Waals surface area contributed by atoms with E-state index in [1.54, 1.807) is 0 Å². The first kappa shape index (κ1) is 15.1. The third kappa shape index (κ3) is 4.39. The fraction of sp³-hybridized carbons (Fsp3) is 0.438. The average molecular weight is 289 g/mol. The van der Waals surface area contributed by atoms with E-state index in [1.165, 1.54) is 22.6 Å². The van der Waals surface area contributed by atoms with Crippen molar-refractivity contribution in [2.45, 2.75) is 44.0 Å². The standard InChI is InChI=1S/C16H23N3S/c1-3-8-17-10-14-6-5-7-16(9-14)20-12-15-11-18-13-19(15)4-2/h5-7,9,11,13,17H,3-4,8,10,12H2,1-2H3. The van der Waals surface area contributed by atoms with Gasteiger partial charge in [-0.3, -0.25) is 0 Å². The molecule has 1 heterocycles. The zero-order valence-electron chi connectivity index (χ0n) is 12.3. The summed E-state index contributed by atoms with van der Waals surface area (Å²) < 4.78 is 2.19. The SMILES string of the molecule is CCCNCc1cccc(SCc2cncn2CC)c1. The Morgan fingerprint density at radius 1 is 1.30 bits per heavy atom. The van der Waals surface area contributed by atoms with Gasteiger partial charge in [-0.25, -0.2) is 4.98 Å². The Morgan fingerprint density at radius 2 is 2.20 bits per heavy atom. The zero-order valence-corrected chi connectivity index (χ0v) is 13.1. The van der Waals surface area contributed by atoms with Gasteiger partial charge in [0.25, 0.3) is 0 Å². The van der Waals surface area contributed by atoms with Crippen LogP contribution in [0.2, 0.25) is 0 Å². The lowest BCUT2D eigenvalue weighted by molar-refractivity contribution is 0.674. The van der Waals surface area contributed by atoms with Gasteiger partial charge in [0.05, 0.1) is 6.33 Å². The maximum atomic E-state index is 4.21. The second kappa shape index (κ2) is 8.12. The van der Waals surface area contributed by atoms with Crippen LogP contribution in [-0.4, -0.2) is 16.1 Å². The molecule has 0 saturated carbocycles. The maximum absolute atomic E-state index is 4.21. The molecule has 4 heteroatoms. The highest BCUT2D eigenvalue weighted by atomic mass is 32.2. The number of imidazole rings is 1. The molecular weight excluding hydrogens is 266 g/mol. The summed E-state index contributed by atoms with van der Waals surface area (Å²) in [5.41, 5.74) is 2.64. The van der Waals surface area contributed by atoms with Gasteiger partial charge in [0.1, 0.15) is 0 Å². The first-order chi connectivity index (χ1) is 9.83. The van der Waals surface area contributed by atoms with Crippen LogP contribution in [-0.2, 0) is 18.8 Å². The van der Waals surface area contributed by atoms with Crippen molar-refractivity contribution in [3.05, 3.63) is 48.0 Å². The first-order valence-corrected chi connectivity index (χ1v) is 8.23. The summed E-state index contributed by atoms with van der Waals surface area (Å²) in [4.78, 5) is 5.54. The molecule has 0 aliphatic carbocycles. The molecule has 0 fully saturated rings. The predicted octanol–water partition coefficient (Wildman–Crippen LogP) is 3.69. The van der Waals surface area contributed by atoms with Crippen LogP contribution >= 0.6 is 11.8 Å². The van der Waals surface area contributed by atoms with Crippen molar-refractivity contribution in [1.29, 1.82) is 0 Å². The Bertz CT molecular complexity index is 522. The van der Waals surface area contributed by atoms with E-state index < -0.39 is 0 Å². The fourth-order valence-corrected chi connectivity index (χ4v) is 3.03. The van der Waals surface area contributed by atoms with Crippen LogP contribution in [0.1, 0.15) is 31.5 Å². The minimum atomic E-state index is 0.954. The summed E-state index contributed by atoms with van der Waals surface area (Å²) in [6, 6.07) is 8.78. The average Bonchev–Trinajstić information content (AvgIpc) is 2.93. The first-order valence-electron chi connectivity index (χ1n) is 7.25. The highest BCUT2D eigenvalue weighted by molar-refractivity contribution is 7.98. The molecule has 0 aliphatic heterocycles. The van der Waals surface area contributed by atoms with E-state index in [-0.39, 0.29) is 0 Å². The van der Waals surface area contributed by atoms with E-state index >= 15 is 0 Å². The van der Waals surface area contributed by atoms with Crippen molar-refractivity contribution in [1.82, 2.24) is 14.9 Å². The largest absolute Gasteiger partial charge is 0.334 e. The Kier molecular flexibility index (Phi) is 6.15. The van der Waals surface area contributed by atoms with Gasteiger partial charge in [0.2, 0.25) is 0 Å². The smallest absolute Gasteiger partial charge is 0.0948 e. The van der Waals surface area contributed by atoms with Gasteiger partial charge in [0.15, 0.2) is 0 Å². The molecule has 0 radical (unpaired) electrons. The van der Waals surface area contributed by atoms with Gasteiger partial charge < -0.3 is 9.88 Å². The Balaban J connectivity index is 1.91. The molecule has 0 bridgehead atoms. The number of nitrogens with zero attached hydrogens (tertiary/aromatic N) is 2. The summed E-state index contributed by atoms with van der Waals surface area (Å²) in [7, 11) is 0. The van der Waals surface area contributed by atoms with Gasteiger partial charge in [0, 0.05) is 35.6 Å². The highest BCUT2D eigenvalue weighted by Crippen LogP contribution is 2.23. The molecule has 20 heavy (non-hydrogen) atoms. The van der Waals surface area contributed by atoms with Gasteiger partial charge >= 0.3 is 0 Å². The molecule has 0 amide bonds. The second-order valence-electron chi connectivity index (χ2n) is 4.78. The molecule has 0 spiro atoms. The normalized spacial score (nSPS) is 10.9. The monoisotopic (exact) mass is 289 g/mol. The van der Waals surface area contributed by atoms with E-state index in [0.29, 0.717) is 0 Å². The highest BCUT2D eigenvalue weighted by Gasteiger charge is 2.02. The molecule has 2 aromatic rings. The molecular formula is C16H23N3S. The van der Waals surface area contributed by atoms with E-state index in [1.807, 2.05) is 24.3 Å². The lowest BCUT2D eigenvalue weighted by atomic mass is 10.2. The topological polar surface area (TPSA) is 29.9 Å². The van der Waals surface area contributed by atoms with Crippen molar-refractivity contribution in [2.24, 2.45) is 0 Å². The van der Waals surface area contributed by atoms with E-state index in [4.69, 9.17) is 0 Å². The number of nitrogens with one attached hydrogen (secondary N) is 1. The number of aromatic nitrogens is 2. The van der Waals surface area contributed by atoms with Crippen molar-refractivity contribution >= 4 is 11.8 Å². The van der Waals surface area contributed by atoms with Crippen LogP contribution in [0.4, 0.5) is 0 Å². The quantitative estimate of drug-likeness (QED) is 0.593. The number of thioether (sulfide) groups is 1. The van der Waals surface area contributed by atoms with Gasteiger partial charge in [-0.2, -0.15) is 0 Å². The molecule has 0 saturated heterocycles. The van der Waals surface area contributed by atoms with Crippen molar-refractivity contribution in [3.8, 4) is 0 Å². The summed E-state index contributed by atoms with van der Waals surface area (Å²) in [5.74, 6) is 0.972. The van der Waals surface area contributed by atoms with Crippen molar-refractivity contribution in [3.63, 3.8) is 0 Å². The number of hydrogen-bond acceptors (Lipinski definition) is 3. The molecule has 2 rings (SSSR count). The second-order valence-corrected chi connectivity index (χ2v) is 5.83. The van der Waals surface area contributed by atoms with Crippen molar-refractivity contribution < 1.29 is 0 Å². The molecule has 0 aliphatic rings. The van der Waals surface area contributed by atoms with Crippen LogP contribution < -0.4 is 5.32 Å². The third-order valence-corrected chi connectivity index (χ3v) is 4.21. The summed E-state index contributed by atoms with van der Waals surface area (Å²) >= 11 is 1.87. The Morgan fingerprint density at radius 3 is 3.00 bits per heavy atom. The van der Waals surface area contributed by atoms with Gasteiger partial charge in [-0.05, 0) is 37.6 Å². The molecule has 3 nitrogen and oxygen atoms in total.